The van der Waals surface area contributed by atoms with Crippen LogP contribution in [0.3, 0.4) is 0 Å². The first-order valence-corrected chi connectivity index (χ1v) is 5.80. The molecular formula is C14H23N. The van der Waals surface area contributed by atoms with Crippen LogP contribution in [0.1, 0.15) is 31.9 Å². The molecule has 1 rings (SSSR count). The van der Waals surface area contributed by atoms with Gasteiger partial charge in [0.25, 0.3) is 0 Å². The number of benzene rings is 1. The van der Waals surface area contributed by atoms with E-state index in [9.17, 15) is 0 Å². The highest BCUT2D eigenvalue weighted by Gasteiger charge is 2.17. The molecule has 0 saturated heterocycles. The van der Waals surface area contributed by atoms with Crippen molar-refractivity contribution in [1.29, 1.82) is 0 Å². The molecule has 15 heavy (non-hydrogen) atoms. The molecule has 0 heterocycles. The lowest BCUT2D eigenvalue weighted by molar-refractivity contribution is 0.342. The molecule has 0 aliphatic heterocycles. The van der Waals surface area contributed by atoms with E-state index < -0.39 is 0 Å². The Morgan fingerprint density at radius 2 is 1.73 bits per heavy atom. The van der Waals surface area contributed by atoms with E-state index in [1.807, 2.05) is 0 Å². The predicted octanol–water partition coefficient (Wildman–Crippen LogP) is 3.17. The highest BCUT2D eigenvalue weighted by molar-refractivity contribution is 5.22. The summed E-state index contributed by atoms with van der Waals surface area (Å²) in [7, 11) is 0. The van der Waals surface area contributed by atoms with Crippen molar-refractivity contribution in [3.63, 3.8) is 0 Å². The summed E-state index contributed by atoms with van der Waals surface area (Å²) in [6, 6.07) is 8.86. The Bertz CT molecular complexity index is 285. The van der Waals surface area contributed by atoms with Crippen molar-refractivity contribution in [2.45, 2.75) is 34.1 Å². The summed E-state index contributed by atoms with van der Waals surface area (Å²) >= 11 is 0. The highest BCUT2D eigenvalue weighted by Crippen LogP contribution is 2.21. The van der Waals surface area contributed by atoms with Crippen LogP contribution in [0.25, 0.3) is 0 Å². The highest BCUT2D eigenvalue weighted by atomic mass is 14.9. The Balaban J connectivity index is 2.56. The minimum atomic E-state index is 0.339. The normalized spacial score (nSPS) is 11.7. The lowest BCUT2D eigenvalue weighted by Gasteiger charge is -2.25. The fourth-order valence-electron chi connectivity index (χ4n) is 1.78. The minimum absolute atomic E-state index is 0.339. The van der Waals surface area contributed by atoms with Gasteiger partial charge in [-0.2, -0.15) is 0 Å². The van der Waals surface area contributed by atoms with Gasteiger partial charge in [-0.3, -0.25) is 0 Å². The Morgan fingerprint density at radius 1 is 1.13 bits per heavy atom. The zero-order chi connectivity index (χ0) is 11.3. The Hall–Kier alpha value is -0.820. The van der Waals surface area contributed by atoms with Crippen molar-refractivity contribution in [3.8, 4) is 0 Å². The Labute approximate surface area is 93.9 Å². The molecule has 0 fully saturated rings. The Kier molecular flexibility index (Phi) is 4.34. The van der Waals surface area contributed by atoms with Crippen LogP contribution in [-0.4, -0.2) is 13.1 Å². The van der Waals surface area contributed by atoms with Crippen molar-refractivity contribution in [2.75, 3.05) is 13.1 Å². The molecule has 0 spiro atoms. The quantitative estimate of drug-likeness (QED) is 0.778. The van der Waals surface area contributed by atoms with Gasteiger partial charge in [-0.15, -0.1) is 0 Å². The fraction of sp³-hybridized carbons (Fsp3) is 0.571. The van der Waals surface area contributed by atoms with Crippen LogP contribution in [0.4, 0.5) is 0 Å². The molecule has 1 aromatic carbocycles. The van der Waals surface area contributed by atoms with Gasteiger partial charge in [-0.05, 0) is 30.9 Å². The average Bonchev–Trinajstić information content (AvgIpc) is 2.18. The van der Waals surface area contributed by atoms with Crippen molar-refractivity contribution < 1.29 is 0 Å². The van der Waals surface area contributed by atoms with Gasteiger partial charge in [0.1, 0.15) is 0 Å². The number of nitrogens with one attached hydrogen (secondary N) is 1. The summed E-state index contributed by atoms with van der Waals surface area (Å²) in [6.07, 6.45) is 1.14. The van der Waals surface area contributed by atoms with E-state index in [2.05, 4.69) is 57.3 Å². The SMILES string of the molecule is CCNCC(C)(C)Cc1ccc(C)cc1. The van der Waals surface area contributed by atoms with Gasteiger partial charge in [0, 0.05) is 6.54 Å². The van der Waals surface area contributed by atoms with E-state index in [1.54, 1.807) is 0 Å². The third-order valence-corrected chi connectivity index (χ3v) is 2.66. The van der Waals surface area contributed by atoms with Crippen LogP contribution < -0.4 is 5.32 Å². The molecule has 0 amide bonds. The van der Waals surface area contributed by atoms with Crippen molar-refractivity contribution in [1.82, 2.24) is 5.32 Å². The molecule has 0 radical (unpaired) electrons. The summed E-state index contributed by atoms with van der Waals surface area (Å²) < 4.78 is 0. The molecule has 1 heteroatoms. The molecule has 0 atom stereocenters. The molecule has 0 unspecified atom stereocenters. The predicted molar refractivity (Wildman–Crippen MR) is 67.2 cm³/mol. The Morgan fingerprint density at radius 3 is 2.27 bits per heavy atom. The number of hydrogen-bond donors (Lipinski definition) is 1. The lowest BCUT2D eigenvalue weighted by atomic mass is 9.85. The second kappa shape index (κ2) is 5.32. The monoisotopic (exact) mass is 205 g/mol. The van der Waals surface area contributed by atoms with E-state index in [4.69, 9.17) is 0 Å². The third-order valence-electron chi connectivity index (χ3n) is 2.66. The van der Waals surface area contributed by atoms with E-state index in [0.717, 1.165) is 19.5 Å². The summed E-state index contributed by atoms with van der Waals surface area (Å²) in [5, 5.41) is 3.42. The van der Waals surface area contributed by atoms with Crippen LogP contribution in [0.2, 0.25) is 0 Å². The molecule has 1 nitrogen and oxygen atoms in total. The first-order chi connectivity index (χ1) is 7.03. The molecule has 1 N–H and O–H groups in total. The van der Waals surface area contributed by atoms with E-state index in [0.29, 0.717) is 5.41 Å². The molecule has 0 aliphatic carbocycles. The van der Waals surface area contributed by atoms with Gasteiger partial charge in [-0.25, -0.2) is 0 Å². The van der Waals surface area contributed by atoms with Crippen LogP contribution in [0, 0.1) is 12.3 Å². The van der Waals surface area contributed by atoms with Crippen LogP contribution in [0.5, 0.6) is 0 Å². The zero-order valence-electron chi connectivity index (χ0n) is 10.4. The number of hydrogen-bond acceptors (Lipinski definition) is 1. The lowest BCUT2D eigenvalue weighted by Crippen LogP contribution is -2.30. The molecule has 0 aromatic heterocycles. The third kappa shape index (κ3) is 4.48. The smallest absolute Gasteiger partial charge is 0.000559 e. The molecule has 0 bridgehead atoms. The van der Waals surface area contributed by atoms with Crippen molar-refractivity contribution in [3.05, 3.63) is 35.4 Å². The van der Waals surface area contributed by atoms with Gasteiger partial charge < -0.3 is 5.32 Å². The summed E-state index contributed by atoms with van der Waals surface area (Å²) in [5.41, 5.74) is 3.11. The van der Waals surface area contributed by atoms with Crippen molar-refractivity contribution in [2.24, 2.45) is 5.41 Å². The second-order valence-electron chi connectivity index (χ2n) is 5.11. The fourth-order valence-corrected chi connectivity index (χ4v) is 1.78. The van der Waals surface area contributed by atoms with Gasteiger partial charge in [0.2, 0.25) is 0 Å². The van der Waals surface area contributed by atoms with Crippen LogP contribution in [0.15, 0.2) is 24.3 Å². The summed E-state index contributed by atoms with van der Waals surface area (Å²) in [4.78, 5) is 0. The van der Waals surface area contributed by atoms with Gasteiger partial charge in [0.05, 0.1) is 0 Å². The van der Waals surface area contributed by atoms with E-state index in [1.165, 1.54) is 11.1 Å². The molecule has 0 aliphatic rings. The topological polar surface area (TPSA) is 12.0 Å². The largest absolute Gasteiger partial charge is 0.316 e. The van der Waals surface area contributed by atoms with E-state index >= 15 is 0 Å². The van der Waals surface area contributed by atoms with Crippen LogP contribution >= 0.6 is 0 Å². The number of aryl methyl sites for hydroxylation is 1. The summed E-state index contributed by atoms with van der Waals surface area (Å²) in [5.74, 6) is 0. The van der Waals surface area contributed by atoms with Gasteiger partial charge >= 0.3 is 0 Å². The standard InChI is InChI=1S/C14H23N/c1-5-15-11-14(3,4)10-13-8-6-12(2)7-9-13/h6-9,15H,5,10-11H2,1-4H3. The maximum absolute atomic E-state index is 3.42. The summed E-state index contributed by atoms with van der Waals surface area (Å²) in [6.45, 7) is 11.1. The van der Waals surface area contributed by atoms with Crippen molar-refractivity contribution >= 4 is 0 Å². The van der Waals surface area contributed by atoms with Gasteiger partial charge in [-0.1, -0.05) is 50.6 Å². The van der Waals surface area contributed by atoms with Crippen LogP contribution in [-0.2, 0) is 6.42 Å². The maximum Gasteiger partial charge on any atom is 0.000559 e. The zero-order valence-corrected chi connectivity index (χ0v) is 10.4. The minimum Gasteiger partial charge on any atom is -0.316 e. The second-order valence-corrected chi connectivity index (χ2v) is 5.11. The first-order valence-electron chi connectivity index (χ1n) is 5.80. The number of rotatable bonds is 5. The molecule has 0 saturated carbocycles. The molecule has 1 aromatic rings. The van der Waals surface area contributed by atoms with Gasteiger partial charge in [0.15, 0.2) is 0 Å². The average molecular weight is 205 g/mol. The maximum atomic E-state index is 3.42. The first kappa shape index (κ1) is 12.3. The molecule has 84 valence electrons. The van der Waals surface area contributed by atoms with E-state index in [-0.39, 0.29) is 0 Å². The molecular weight excluding hydrogens is 182 g/mol.